The number of carboxylic acid groups (broad SMARTS) is 1. The van der Waals surface area contributed by atoms with Gasteiger partial charge in [-0.3, -0.25) is 4.79 Å². The van der Waals surface area contributed by atoms with Crippen LogP contribution in [0.5, 0.6) is 0 Å². The van der Waals surface area contributed by atoms with Crippen LogP contribution in [0.4, 0.5) is 0 Å². The highest BCUT2D eigenvalue weighted by atomic mass is 16.4. The molecule has 0 radical (unpaired) electrons. The van der Waals surface area contributed by atoms with Gasteiger partial charge in [0, 0.05) is 11.0 Å². The molecule has 0 aliphatic rings. The lowest BCUT2D eigenvalue weighted by Crippen LogP contribution is -1.78. The smallest absolute Gasteiger partial charge is 0.300 e. The lowest BCUT2D eigenvalue weighted by molar-refractivity contribution is -0.134. The average Bonchev–Trinajstić information content (AvgIpc) is 1.62. The van der Waals surface area contributed by atoms with E-state index in [1.165, 1.54) is 0 Å². The van der Waals surface area contributed by atoms with Crippen molar-refractivity contribution in [3.63, 3.8) is 0 Å². The second-order valence-corrected chi connectivity index (χ2v) is 0.287. The summed E-state index contributed by atoms with van der Waals surface area (Å²) in [6.07, 6.45) is 0. The Morgan fingerprint density at radius 3 is 3.50 bits per heavy atom. The summed E-state index contributed by atoms with van der Waals surface area (Å²) in [4.78, 5) is 9.86. The molecule has 0 aromatic heterocycles. The maximum Gasteiger partial charge on any atom is 0.300 e. The van der Waals surface area contributed by atoms with Crippen LogP contribution in [0.2, 0.25) is 0 Å². The second kappa shape index (κ2) is 0.875. The molecular formula is C2H4O2. The van der Waals surface area contributed by atoms with Crippen LogP contribution in [0.15, 0.2) is 0 Å². The Morgan fingerprint density at radius 1 is 2.75 bits per heavy atom. The molecule has 4 heavy (non-hydrogen) atoms. The molecule has 2 heteroatoms. The molecule has 0 aromatic carbocycles. The average molecular weight is 64.1 g/mol. The highest BCUT2D eigenvalue weighted by Gasteiger charge is 1.65. The van der Waals surface area contributed by atoms with E-state index in [0.29, 0.717) is 0 Å². The standard InChI is InChI=1S/C2H4O2/c1-2(3)4/h1H3,(H,3,4)/i1D3/hD. The van der Waals surface area contributed by atoms with E-state index in [2.05, 4.69) is 5.11 Å². The van der Waals surface area contributed by atoms with Gasteiger partial charge >= 0.3 is 0 Å². The van der Waals surface area contributed by atoms with Crippen molar-refractivity contribution in [2.24, 2.45) is 0 Å². The van der Waals surface area contributed by atoms with Gasteiger partial charge in [-0.15, -0.1) is 0 Å². The van der Waals surface area contributed by atoms with E-state index in [-0.39, 0.29) is 0 Å². The molecule has 0 saturated heterocycles. The van der Waals surface area contributed by atoms with Gasteiger partial charge in [-0.25, -0.2) is 0 Å². The summed E-state index contributed by atoms with van der Waals surface area (Å²) < 4.78 is 24.7. The minimum absolute atomic E-state index is 1.50. The largest absolute Gasteiger partial charge is 0.481 e. The fraction of sp³-hybridized carbons (Fsp3) is 0.500. The fourth-order valence-electron chi connectivity index (χ4n) is 0. The molecule has 2 nitrogen and oxygen atoms in total. The molecule has 0 spiro atoms. The van der Waals surface area contributed by atoms with Crippen LogP contribution < -0.4 is 0 Å². The second-order valence-electron chi connectivity index (χ2n) is 0.287. The molecule has 0 fully saturated rings. The molecule has 0 bridgehead atoms. The van der Waals surface area contributed by atoms with Crippen molar-refractivity contribution in [3.8, 4) is 0 Å². The molecule has 0 rings (SSSR count). The van der Waals surface area contributed by atoms with Gasteiger partial charge in [-0.2, -0.15) is 0 Å². The molecule has 0 atom stereocenters. The molecule has 0 unspecified atom stereocenters. The maximum atomic E-state index is 9.86. The van der Waals surface area contributed by atoms with Crippen molar-refractivity contribution in [2.75, 3.05) is 0 Å². The molecule has 0 saturated carbocycles. The summed E-state index contributed by atoms with van der Waals surface area (Å²) in [6, 6.07) is 0. The van der Waals surface area contributed by atoms with Gasteiger partial charge in [0.25, 0.3) is 7.40 Å². The van der Waals surface area contributed by atoms with Crippen molar-refractivity contribution < 1.29 is 14.0 Å². The third-order valence-electron chi connectivity index (χ3n) is 0. The molecular weight excluding hydrogens is 56.0 g/mol. The van der Waals surface area contributed by atoms with E-state index < -0.39 is 12.8 Å². The number of rotatable bonds is 0. The SMILES string of the molecule is [2H]OC(=O)C([2H])([2H])[2H]. The number of hydrogen-bond acceptors (Lipinski definition) is 2. The lowest BCUT2D eigenvalue weighted by atomic mass is 10.9. The van der Waals surface area contributed by atoms with Crippen molar-refractivity contribution in [3.05, 3.63) is 0 Å². The van der Waals surface area contributed by atoms with Gasteiger partial charge < -0.3 is 5.11 Å². The molecule has 24 valence electrons. The normalized spacial score (nSPS) is 23.0. The van der Waals surface area contributed by atoms with E-state index in [0.717, 1.165) is 0 Å². The molecule has 0 aliphatic carbocycles. The summed E-state index contributed by atoms with van der Waals surface area (Å²) in [5.41, 5.74) is 0. The minimum Gasteiger partial charge on any atom is -0.481 e. The minimum atomic E-state index is -2.79. The third kappa shape index (κ3) is 1.16. The Hall–Kier alpha value is -0.530. The number of aliphatic carboxylic acids is 1. The maximum absolute atomic E-state index is 9.86. The number of hydrogen-bond donors (Lipinski definition) is 1. The van der Waals surface area contributed by atoms with Crippen LogP contribution in [0, 0.1) is 0 Å². The predicted octanol–water partition coefficient (Wildman–Crippen LogP) is 0.0909. The monoisotopic (exact) mass is 64.0 g/mol. The zero-order valence-electron chi connectivity index (χ0n) is 5.82. The highest BCUT2D eigenvalue weighted by Crippen LogP contribution is 1.42. The van der Waals surface area contributed by atoms with Gasteiger partial charge in [0.1, 0.15) is 0 Å². The van der Waals surface area contributed by atoms with E-state index in [1.54, 1.807) is 0 Å². The van der Waals surface area contributed by atoms with Gasteiger partial charge in [-0.05, 0) is 0 Å². The van der Waals surface area contributed by atoms with E-state index in [4.69, 9.17) is 5.54 Å². The molecule has 0 amide bonds. The van der Waals surface area contributed by atoms with Gasteiger partial charge in [0.05, 0.1) is 0 Å². The summed E-state index contributed by atoms with van der Waals surface area (Å²) in [5, 5.41) is 3.16. The summed E-state index contributed by atoms with van der Waals surface area (Å²) in [6.45, 7) is -2.79. The van der Waals surface area contributed by atoms with Crippen molar-refractivity contribution in [2.45, 2.75) is 6.85 Å². The van der Waals surface area contributed by atoms with Crippen LogP contribution in [0.3, 0.4) is 0 Å². The first-order chi connectivity index (χ1) is 3.48. The van der Waals surface area contributed by atoms with Crippen LogP contribution in [0.25, 0.3) is 1.43 Å². The lowest BCUT2D eigenvalue weighted by Gasteiger charge is -1.59. The van der Waals surface area contributed by atoms with Crippen LogP contribution >= 0.6 is 0 Å². The van der Waals surface area contributed by atoms with Gasteiger partial charge in [0.15, 0.2) is 0 Å². The van der Waals surface area contributed by atoms with E-state index in [9.17, 15) is 4.79 Å². The van der Waals surface area contributed by atoms with Crippen LogP contribution in [-0.4, -0.2) is 11.1 Å². The van der Waals surface area contributed by atoms with E-state index >= 15 is 0 Å². The first-order valence-electron chi connectivity index (χ1n) is 2.57. The van der Waals surface area contributed by atoms with Crippen molar-refractivity contribution in [1.82, 2.24) is 0 Å². The number of carbonyl (C=O) groups is 1. The van der Waals surface area contributed by atoms with Crippen LogP contribution in [-0.2, 0) is 4.79 Å². The Bertz CT molecular complexity index is 94.7. The predicted molar refractivity (Wildman–Crippen MR) is 13.3 cm³/mol. The van der Waals surface area contributed by atoms with Crippen LogP contribution in [0.1, 0.15) is 11.0 Å². The summed E-state index contributed by atoms with van der Waals surface area (Å²) in [7, 11) is 0. The zero-order valence-corrected chi connectivity index (χ0v) is 1.82. The Balaban J connectivity index is 3.82. The fourth-order valence-corrected chi connectivity index (χ4v) is 0. The van der Waals surface area contributed by atoms with E-state index in [1.807, 2.05) is 0 Å². The Morgan fingerprint density at radius 2 is 3.50 bits per heavy atom. The van der Waals surface area contributed by atoms with Gasteiger partial charge in [0.2, 0.25) is 0 Å². The van der Waals surface area contributed by atoms with Crippen molar-refractivity contribution in [1.29, 1.82) is 1.43 Å². The summed E-state index contributed by atoms with van der Waals surface area (Å²) in [5.74, 6) is -1.50. The molecule has 0 aliphatic heterocycles. The zero-order chi connectivity index (χ0) is 6.78. The molecule has 1 N–H and O–H groups in total. The first kappa shape index (κ1) is 0.506. The summed E-state index contributed by atoms with van der Waals surface area (Å²) >= 11 is 0. The third-order valence-corrected chi connectivity index (χ3v) is 0. The molecule has 0 heterocycles. The van der Waals surface area contributed by atoms with Crippen molar-refractivity contribution >= 4 is 5.97 Å². The Kier molecular flexibility index (Phi) is 0.111. The quantitative estimate of drug-likeness (QED) is 0.433. The highest BCUT2D eigenvalue weighted by molar-refractivity contribution is 5.62. The Labute approximate surface area is 29.8 Å². The first-order valence-corrected chi connectivity index (χ1v) is 0.658. The topological polar surface area (TPSA) is 37.3 Å². The molecule has 0 aromatic rings. The van der Waals surface area contributed by atoms with Gasteiger partial charge in [-0.1, -0.05) is 0 Å². The number of carboxylic acids is 1.